The molecule has 0 unspecified atom stereocenters. The Morgan fingerprint density at radius 1 is 0.926 bits per heavy atom. The predicted molar refractivity (Wildman–Crippen MR) is 100 cm³/mol. The number of benzene rings is 1. The third kappa shape index (κ3) is 2.32. The van der Waals surface area contributed by atoms with Crippen LogP contribution in [0.1, 0.15) is 11.3 Å². The van der Waals surface area contributed by atoms with Crippen LogP contribution in [0.2, 0.25) is 0 Å². The van der Waals surface area contributed by atoms with Crippen molar-refractivity contribution in [2.24, 2.45) is 0 Å². The number of halogens is 1. The first-order valence-electron chi connectivity index (χ1n) is 8.54. The molecule has 1 aromatic carbocycles. The van der Waals surface area contributed by atoms with Crippen molar-refractivity contribution < 1.29 is 4.39 Å². The first-order valence-corrected chi connectivity index (χ1v) is 8.54. The van der Waals surface area contributed by atoms with Crippen molar-refractivity contribution in [3.63, 3.8) is 0 Å². The van der Waals surface area contributed by atoms with E-state index in [0.29, 0.717) is 5.82 Å². The molecule has 0 spiro atoms. The molecule has 27 heavy (non-hydrogen) atoms. The van der Waals surface area contributed by atoms with Crippen molar-refractivity contribution in [1.82, 2.24) is 29.1 Å². The second kappa shape index (κ2) is 5.70. The van der Waals surface area contributed by atoms with Gasteiger partial charge in [0.25, 0.3) is 0 Å². The van der Waals surface area contributed by atoms with E-state index in [0.717, 1.165) is 39.3 Å². The summed E-state index contributed by atoms with van der Waals surface area (Å²) in [5.74, 6) is 1.06. The zero-order chi connectivity index (χ0) is 18.5. The second-order valence-corrected chi connectivity index (χ2v) is 6.39. The fourth-order valence-corrected chi connectivity index (χ4v) is 3.35. The van der Waals surface area contributed by atoms with E-state index in [2.05, 4.69) is 15.1 Å². The fraction of sp³-hybridized carbons (Fsp3) is 0.100. The Bertz CT molecular complexity index is 1290. The standard InChI is InChI=1S/C20H15FN6/c1-12-13(2)27(16-5-3-4-10-22-16)19-17(12)20-24-18(25-26(20)11-23-19)14-6-8-15(21)9-7-14/h3-11H,1-2H3. The minimum absolute atomic E-state index is 0.287. The van der Waals surface area contributed by atoms with Gasteiger partial charge in [-0.1, -0.05) is 6.07 Å². The number of aromatic nitrogens is 6. The molecule has 4 aromatic heterocycles. The van der Waals surface area contributed by atoms with Crippen molar-refractivity contribution in [2.45, 2.75) is 13.8 Å². The summed E-state index contributed by atoms with van der Waals surface area (Å²) < 4.78 is 16.9. The fourth-order valence-electron chi connectivity index (χ4n) is 3.35. The van der Waals surface area contributed by atoms with Crippen LogP contribution < -0.4 is 0 Å². The largest absolute Gasteiger partial charge is 0.282 e. The van der Waals surface area contributed by atoms with E-state index in [1.165, 1.54) is 12.1 Å². The molecule has 5 aromatic rings. The van der Waals surface area contributed by atoms with Gasteiger partial charge in [-0.3, -0.25) is 4.57 Å². The molecule has 6 nitrogen and oxygen atoms in total. The van der Waals surface area contributed by atoms with Crippen LogP contribution >= 0.6 is 0 Å². The van der Waals surface area contributed by atoms with Crippen molar-refractivity contribution >= 4 is 16.7 Å². The number of nitrogens with zero attached hydrogens (tertiary/aromatic N) is 6. The maximum Gasteiger partial charge on any atom is 0.182 e. The maximum atomic E-state index is 13.2. The molecule has 4 heterocycles. The monoisotopic (exact) mass is 358 g/mol. The molecule has 0 amide bonds. The number of hydrogen-bond donors (Lipinski definition) is 0. The first-order chi connectivity index (χ1) is 13.1. The summed E-state index contributed by atoms with van der Waals surface area (Å²) in [4.78, 5) is 13.8. The van der Waals surface area contributed by atoms with E-state index in [-0.39, 0.29) is 5.82 Å². The number of hydrogen-bond acceptors (Lipinski definition) is 4. The van der Waals surface area contributed by atoms with E-state index in [1.807, 2.05) is 36.6 Å². The Balaban J connectivity index is 1.79. The van der Waals surface area contributed by atoms with Crippen molar-refractivity contribution in [2.75, 3.05) is 0 Å². The lowest BCUT2D eigenvalue weighted by molar-refractivity contribution is 0.628. The summed E-state index contributed by atoms with van der Waals surface area (Å²) in [7, 11) is 0. The first kappa shape index (κ1) is 15.6. The van der Waals surface area contributed by atoms with Crippen LogP contribution in [0.4, 0.5) is 4.39 Å². The minimum atomic E-state index is -0.287. The Morgan fingerprint density at radius 2 is 1.74 bits per heavy atom. The molecule has 0 aliphatic heterocycles. The Hall–Kier alpha value is -3.61. The van der Waals surface area contributed by atoms with Gasteiger partial charge in [-0.25, -0.2) is 23.9 Å². The van der Waals surface area contributed by atoms with Gasteiger partial charge in [0, 0.05) is 17.5 Å². The molecule has 0 N–H and O–H groups in total. The number of pyridine rings is 1. The molecule has 0 saturated heterocycles. The van der Waals surface area contributed by atoms with Crippen molar-refractivity contribution in [3.8, 4) is 17.2 Å². The van der Waals surface area contributed by atoms with Crippen LogP contribution in [-0.2, 0) is 0 Å². The highest BCUT2D eigenvalue weighted by atomic mass is 19.1. The number of rotatable bonds is 2. The highest BCUT2D eigenvalue weighted by Crippen LogP contribution is 2.30. The molecule has 0 aliphatic carbocycles. The SMILES string of the molecule is Cc1c(C)n(-c2ccccn2)c2ncn3nc(-c4ccc(F)cc4)nc3c12. The van der Waals surface area contributed by atoms with E-state index in [4.69, 9.17) is 4.98 Å². The van der Waals surface area contributed by atoms with Gasteiger partial charge in [-0.15, -0.1) is 5.10 Å². The minimum Gasteiger partial charge on any atom is -0.282 e. The van der Waals surface area contributed by atoms with E-state index in [1.54, 1.807) is 29.2 Å². The number of fused-ring (bicyclic) bond motifs is 3. The lowest BCUT2D eigenvalue weighted by atomic mass is 10.2. The van der Waals surface area contributed by atoms with Gasteiger partial charge >= 0.3 is 0 Å². The Morgan fingerprint density at radius 3 is 2.48 bits per heavy atom. The summed E-state index contributed by atoms with van der Waals surface area (Å²) in [5, 5.41) is 5.44. The molecule has 132 valence electrons. The molecule has 0 saturated carbocycles. The van der Waals surface area contributed by atoms with E-state index >= 15 is 0 Å². The molecule has 0 atom stereocenters. The number of aryl methyl sites for hydroxylation is 1. The zero-order valence-electron chi connectivity index (χ0n) is 14.8. The highest BCUT2D eigenvalue weighted by molar-refractivity contribution is 5.95. The van der Waals surface area contributed by atoms with E-state index < -0.39 is 0 Å². The highest BCUT2D eigenvalue weighted by Gasteiger charge is 2.19. The maximum absolute atomic E-state index is 13.2. The molecule has 0 radical (unpaired) electrons. The van der Waals surface area contributed by atoms with Gasteiger partial charge in [0.2, 0.25) is 0 Å². The third-order valence-electron chi connectivity index (χ3n) is 4.81. The van der Waals surface area contributed by atoms with Gasteiger partial charge in [-0.2, -0.15) is 0 Å². The smallest absolute Gasteiger partial charge is 0.182 e. The van der Waals surface area contributed by atoms with Gasteiger partial charge in [-0.05, 0) is 55.8 Å². The lowest BCUT2D eigenvalue weighted by Gasteiger charge is -2.05. The molecule has 5 rings (SSSR count). The Labute approximate surface area is 154 Å². The normalized spacial score (nSPS) is 11.5. The predicted octanol–water partition coefficient (Wildman–Crippen LogP) is 3.89. The molecular weight excluding hydrogens is 343 g/mol. The Kier molecular flexibility index (Phi) is 3.30. The van der Waals surface area contributed by atoms with E-state index in [9.17, 15) is 4.39 Å². The molecular formula is C20H15FN6. The molecule has 0 aliphatic rings. The van der Waals surface area contributed by atoms with Crippen LogP contribution in [-0.4, -0.2) is 29.1 Å². The summed E-state index contributed by atoms with van der Waals surface area (Å²) in [5.41, 5.74) is 4.39. The molecule has 0 bridgehead atoms. The van der Waals surface area contributed by atoms with Crippen LogP contribution in [0, 0.1) is 19.7 Å². The van der Waals surface area contributed by atoms with Gasteiger partial charge < -0.3 is 0 Å². The van der Waals surface area contributed by atoms with Crippen LogP contribution in [0.5, 0.6) is 0 Å². The molecule has 0 fully saturated rings. The van der Waals surface area contributed by atoms with Crippen LogP contribution in [0.15, 0.2) is 55.0 Å². The van der Waals surface area contributed by atoms with Crippen LogP contribution in [0.25, 0.3) is 33.9 Å². The third-order valence-corrected chi connectivity index (χ3v) is 4.81. The summed E-state index contributed by atoms with van der Waals surface area (Å²) >= 11 is 0. The van der Waals surface area contributed by atoms with Gasteiger partial charge in [0.1, 0.15) is 18.0 Å². The average molecular weight is 358 g/mol. The van der Waals surface area contributed by atoms with Crippen molar-refractivity contribution in [3.05, 3.63) is 72.1 Å². The topological polar surface area (TPSA) is 60.9 Å². The zero-order valence-corrected chi connectivity index (χ0v) is 14.8. The van der Waals surface area contributed by atoms with Gasteiger partial charge in [0.05, 0.1) is 5.39 Å². The van der Waals surface area contributed by atoms with Crippen molar-refractivity contribution in [1.29, 1.82) is 0 Å². The lowest BCUT2D eigenvalue weighted by Crippen LogP contribution is -2.01. The average Bonchev–Trinajstić information content (AvgIpc) is 3.22. The second-order valence-electron chi connectivity index (χ2n) is 6.39. The summed E-state index contributed by atoms with van der Waals surface area (Å²) in [6.45, 7) is 4.09. The van der Waals surface area contributed by atoms with Gasteiger partial charge in [0.15, 0.2) is 17.1 Å². The quantitative estimate of drug-likeness (QED) is 0.480. The summed E-state index contributed by atoms with van der Waals surface area (Å²) in [6, 6.07) is 11.9. The summed E-state index contributed by atoms with van der Waals surface area (Å²) in [6.07, 6.45) is 3.41. The van der Waals surface area contributed by atoms with Crippen LogP contribution in [0.3, 0.4) is 0 Å². The molecule has 7 heteroatoms.